The minimum atomic E-state index is -1.19. The molecule has 8 nitrogen and oxygen atoms in total. The van der Waals surface area contributed by atoms with Gasteiger partial charge in [0.2, 0.25) is 5.95 Å². The van der Waals surface area contributed by atoms with Gasteiger partial charge in [-0.1, -0.05) is 43.9 Å². The van der Waals surface area contributed by atoms with Crippen molar-refractivity contribution < 1.29 is 9.53 Å². The van der Waals surface area contributed by atoms with Gasteiger partial charge in [0, 0.05) is 37.8 Å². The summed E-state index contributed by atoms with van der Waals surface area (Å²) in [6.45, 7) is 10.0. The third-order valence-electron chi connectivity index (χ3n) is 5.50. The molecule has 0 N–H and O–H groups in total. The summed E-state index contributed by atoms with van der Waals surface area (Å²) < 4.78 is 7.74. The highest BCUT2D eigenvalue weighted by molar-refractivity contribution is 6.76. The molecule has 1 aliphatic heterocycles. The average Bonchev–Trinajstić information content (AvgIpc) is 3.29. The third-order valence-corrected chi connectivity index (χ3v) is 7.21. The number of rotatable bonds is 7. The largest absolute Gasteiger partial charge is 0.361 e. The van der Waals surface area contributed by atoms with Crippen LogP contribution in [0.15, 0.2) is 42.9 Å². The molecule has 2 amide bonds. The standard InChI is InChI=1S/C23H28N6O2Si/c1-17-14-27(16-31-9-10-32(2,3)4)22(26-17)28-15-19(11-24)29(23(28)30)21-13-25-12-18-7-5-6-8-20(18)21/h5-8,12-14,19H,9-10,15-16H2,1-4H3. The summed E-state index contributed by atoms with van der Waals surface area (Å²) >= 11 is 0. The summed E-state index contributed by atoms with van der Waals surface area (Å²) in [7, 11) is -1.19. The zero-order chi connectivity index (χ0) is 22.9. The van der Waals surface area contributed by atoms with Crippen LogP contribution < -0.4 is 9.80 Å². The predicted octanol–water partition coefficient (Wildman–Crippen LogP) is 4.39. The van der Waals surface area contributed by atoms with Crippen molar-refractivity contribution in [3.05, 3.63) is 48.5 Å². The number of imidazole rings is 1. The lowest BCUT2D eigenvalue weighted by Crippen LogP contribution is -2.35. The number of pyridine rings is 1. The Kier molecular flexibility index (Phi) is 6.00. The first kappa shape index (κ1) is 22.0. The van der Waals surface area contributed by atoms with Gasteiger partial charge in [-0.3, -0.25) is 19.4 Å². The molecule has 1 aromatic carbocycles. The molecule has 3 aromatic rings. The van der Waals surface area contributed by atoms with E-state index in [1.165, 1.54) is 4.90 Å². The zero-order valence-electron chi connectivity index (χ0n) is 18.9. The Hall–Kier alpha value is -3.22. The van der Waals surface area contributed by atoms with Crippen molar-refractivity contribution in [3.8, 4) is 6.07 Å². The van der Waals surface area contributed by atoms with Gasteiger partial charge in [-0.25, -0.2) is 9.78 Å². The lowest BCUT2D eigenvalue weighted by Gasteiger charge is -2.21. The van der Waals surface area contributed by atoms with Crippen LogP contribution in [0, 0.1) is 18.3 Å². The monoisotopic (exact) mass is 448 g/mol. The molecule has 1 fully saturated rings. The molecule has 0 saturated carbocycles. The van der Waals surface area contributed by atoms with Crippen LogP contribution >= 0.6 is 0 Å². The number of anilines is 2. The number of hydrogen-bond acceptors (Lipinski definition) is 5. The predicted molar refractivity (Wildman–Crippen MR) is 127 cm³/mol. The van der Waals surface area contributed by atoms with Crippen LogP contribution in [-0.2, 0) is 11.5 Å². The van der Waals surface area contributed by atoms with E-state index in [-0.39, 0.29) is 12.6 Å². The highest BCUT2D eigenvalue weighted by atomic mass is 28.3. The first-order valence-electron chi connectivity index (χ1n) is 10.7. The van der Waals surface area contributed by atoms with Gasteiger partial charge in [-0.15, -0.1) is 0 Å². The van der Waals surface area contributed by atoms with Crippen molar-refractivity contribution in [2.24, 2.45) is 0 Å². The van der Waals surface area contributed by atoms with Crippen LogP contribution in [0.25, 0.3) is 10.8 Å². The maximum absolute atomic E-state index is 13.5. The van der Waals surface area contributed by atoms with Crippen molar-refractivity contribution in [1.29, 1.82) is 5.26 Å². The molecule has 32 heavy (non-hydrogen) atoms. The number of nitrogens with zero attached hydrogens (tertiary/aromatic N) is 6. The normalized spacial score (nSPS) is 16.7. The van der Waals surface area contributed by atoms with Crippen LogP contribution in [0.2, 0.25) is 25.7 Å². The van der Waals surface area contributed by atoms with E-state index in [4.69, 9.17) is 4.74 Å². The Morgan fingerprint density at radius 3 is 2.78 bits per heavy atom. The number of hydrogen-bond donors (Lipinski definition) is 0. The molecule has 0 radical (unpaired) electrons. The summed E-state index contributed by atoms with van der Waals surface area (Å²) in [5.41, 5.74) is 1.42. The number of aromatic nitrogens is 3. The van der Waals surface area contributed by atoms with Crippen LogP contribution in [0.3, 0.4) is 0 Å². The second-order valence-electron chi connectivity index (χ2n) is 9.29. The van der Waals surface area contributed by atoms with Gasteiger partial charge in [0.15, 0.2) is 0 Å². The number of urea groups is 1. The second-order valence-corrected chi connectivity index (χ2v) is 14.9. The Morgan fingerprint density at radius 1 is 1.25 bits per heavy atom. The van der Waals surface area contributed by atoms with E-state index in [0.717, 1.165) is 22.5 Å². The molecule has 4 rings (SSSR count). The van der Waals surface area contributed by atoms with Crippen LogP contribution in [-0.4, -0.2) is 47.8 Å². The summed E-state index contributed by atoms with van der Waals surface area (Å²) in [5, 5.41) is 11.6. The smallest absolute Gasteiger partial charge is 0.332 e. The van der Waals surface area contributed by atoms with E-state index in [1.54, 1.807) is 17.3 Å². The van der Waals surface area contributed by atoms with E-state index < -0.39 is 14.1 Å². The molecule has 1 atom stereocenters. The molecule has 0 bridgehead atoms. The molecule has 2 aromatic heterocycles. The Bertz CT molecular complexity index is 1170. The Balaban J connectivity index is 1.61. The van der Waals surface area contributed by atoms with Gasteiger partial charge >= 0.3 is 6.03 Å². The average molecular weight is 449 g/mol. The van der Waals surface area contributed by atoms with E-state index in [0.29, 0.717) is 25.0 Å². The minimum absolute atomic E-state index is 0.226. The van der Waals surface area contributed by atoms with Crippen LogP contribution in [0.1, 0.15) is 5.69 Å². The number of benzene rings is 1. The second kappa shape index (κ2) is 8.73. The summed E-state index contributed by atoms with van der Waals surface area (Å²) in [6, 6.07) is 10.1. The van der Waals surface area contributed by atoms with Gasteiger partial charge in [-0.2, -0.15) is 5.26 Å². The molecule has 9 heteroatoms. The fourth-order valence-electron chi connectivity index (χ4n) is 3.81. The number of aryl methyl sites for hydroxylation is 1. The number of amides is 2. The molecule has 166 valence electrons. The third kappa shape index (κ3) is 4.37. The maximum atomic E-state index is 13.5. The van der Waals surface area contributed by atoms with E-state index in [2.05, 4.69) is 35.7 Å². The van der Waals surface area contributed by atoms with Gasteiger partial charge < -0.3 is 4.74 Å². The highest BCUT2D eigenvalue weighted by Crippen LogP contribution is 2.33. The van der Waals surface area contributed by atoms with Gasteiger partial charge in [-0.05, 0) is 13.0 Å². The lowest BCUT2D eigenvalue weighted by atomic mass is 10.1. The topological polar surface area (TPSA) is 87.3 Å². The van der Waals surface area contributed by atoms with E-state index in [9.17, 15) is 10.1 Å². The van der Waals surface area contributed by atoms with Gasteiger partial charge in [0.1, 0.15) is 12.8 Å². The molecule has 1 saturated heterocycles. The number of nitriles is 1. The SMILES string of the molecule is Cc1cn(COCC[Si](C)(C)C)c(N2CC(C#N)N(c3cncc4ccccc34)C2=O)n1. The number of ether oxygens (including phenoxy) is 1. The first-order chi connectivity index (χ1) is 15.3. The Morgan fingerprint density at radius 2 is 2.03 bits per heavy atom. The molecule has 1 unspecified atom stereocenters. The van der Waals surface area contributed by atoms with Gasteiger partial charge in [0.25, 0.3) is 0 Å². The highest BCUT2D eigenvalue weighted by Gasteiger charge is 2.42. The van der Waals surface area contributed by atoms with Crippen molar-refractivity contribution in [2.75, 3.05) is 23.0 Å². The van der Waals surface area contributed by atoms with Crippen LogP contribution in [0.4, 0.5) is 16.4 Å². The fourth-order valence-corrected chi connectivity index (χ4v) is 4.57. The lowest BCUT2D eigenvalue weighted by molar-refractivity contribution is 0.0880. The van der Waals surface area contributed by atoms with Crippen LogP contribution in [0.5, 0.6) is 0 Å². The Labute approximate surface area is 189 Å². The molecule has 0 spiro atoms. The van der Waals surface area contributed by atoms with Gasteiger partial charge in [0.05, 0.1) is 30.2 Å². The zero-order valence-corrected chi connectivity index (χ0v) is 19.9. The van der Waals surface area contributed by atoms with Crippen molar-refractivity contribution in [3.63, 3.8) is 0 Å². The summed E-state index contributed by atoms with van der Waals surface area (Å²) in [4.78, 5) is 25.5. The summed E-state index contributed by atoms with van der Waals surface area (Å²) in [5.74, 6) is 0.497. The number of fused-ring (bicyclic) bond motifs is 1. The molecule has 1 aliphatic rings. The molecular weight excluding hydrogens is 420 g/mol. The van der Waals surface area contributed by atoms with Crippen molar-refractivity contribution in [2.45, 2.75) is 45.4 Å². The first-order valence-corrected chi connectivity index (χ1v) is 14.4. The number of carbonyl (C=O) groups excluding carboxylic acids is 1. The maximum Gasteiger partial charge on any atom is 0.332 e. The summed E-state index contributed by atoms with van der Waals surface area (Å²) in [6.07, 6.45) is 5.28. The molecular formula is C23H28N6O2Si. The van der Waals surface area contributed by atoms with Crippen molar-refractivity contribution in [1.82, 2.24) is 14.5 Å². The molecule has 0 aliphatic carbocycles. The number of carbonyl (C=O) groups is 1. The quantitative estimate of drug-likeness (QED) is 0.395. The van der Waals surface area contributed by atoms with Crippen molar-refractivity contribution >= 4 is 36.5 Å². The van der Waals surface area contributed by atoms with E-state index >= 15 is 0 Å². The molecule has 3 heterocycles. The van der Waals surface area contributed by atoms with E-state index in [1.807, 2.05) is 42.0 Å². The fraction of sp³-hybridized carbons (Fsp3) is 0.391. The minimum Gasteiger partial charge on any atom is -0.361 e.